The molecule has 2 atom stereocenters. The summed E-state index contributed by atoms with van der Waals surface area (Å²) in [5.74, 6) is 0.547. The molecule has 2 rings (SSSR count). The van der Waals surface area contributed by atoms with E-state index in [0.717, 1.165) is 45.9 Å². The zero-order valence-corrected chi connectivity index (χ0v) is 12.1. The molecule has 0 aromatic rings. The fourth-order valence-electron chi connectivity index (χ4n) is 3.07. The summed E-state index contributed by atoms with van der Waals surface area (Å²) in [6.07, 6.45) is 2.44. The van der Waals surface area contributed by atoms with Crippen molar-refractivity contribution in [1.82, 2.24) is 9.80 Å². The van der Waals surface area contributed by atoms with Gasteiger partial charge in [0, 0.05) is 26.2 Å². The summed E-state index contributed by atoms with van der Waals surface area (Å²) in [4.78, 5) is 16.4. The summed E-state index contributed by atoms with van der Waals surface area (Å²) >= 11 is 0. The second-order valence-electron chi connectivity index (χ2n) is 5.62. The monoisotopic (exact) mass is 270 g/mol. The van der Waals surface area contributed by atoms with Crippen LogP contribution in [0.2, 0.25) is 0 Å². The average Bonchev–Trinajstić information content (AvgIpc) is 2.47. The van der Waals surface area contributed by atoms with E-state index in [2.05, 4.69) is 9.80 Å². The Kier molecular flexibility index (Phi) is 5.60. The maximum atomic E-state index is 11.6. The highest BCUT2D eigenvalue weighted by Crippen LogP contribution is 2.20. The number of hydrogen-bond donors (Lipinski definition) is 0. The predicted molar refractivity (Wildman–Crippen MR) is 73.0 cm³/mol. The van der Waals surface area contributed by atoms with E-state index < -0.39 is 0 Å². The molecule has 0 unspecified atom stereocenters. The standard InChI is InChI=1S/C14H26N2O3/c1-12(14(17)18-2)16-5-3-4-13(11-16)10-15-6-8-19-9-7-15/h12-13H,3-11H2,1-2H3/t12-,13+/m1/s1. The number of carbonyl (C=O) groups excluding carboxylic acids is 1. The summed E-state index contributed by atoms with van der Waals surface area (Å²) in [7, 11) is 1.47. The predicted octanol–water partition coefficient (Wildman–Crippen LogP) is 0.592. The Balaban J connectivity index is 1.81. The van der Waals surface area contributed by atoms with Crippen molar-refractivity contribution in [3.63, 3.8) is 0 Å². The van der Waals surface area contributed by atoms with Gasteiger partial charge in [-0.1, -0.05) is 0 Å². The van der Waals surface area contributed by atoms with Crippen LogP contribution in [0.5, 0.6) is 0 Å². The highest BCUT2D eigenvalue weighted by atomic mass is 16.5. The smallest absolute Gasteiger partial charge is 0.322 e. The molecule has 5 nitrogen and oxygen atoms in total. The van der Waals surface area contributed by atoms with Crippen LogP contribution in [0, 0.1) is 5.92 Å². The van der Waals surface area contributed by atoms with Gasteiger partial charge in [-0.25, -0.2) is 0 Å². The van der Waals surface area contributed by atoms with Crippen LogP contribution in [0.4, 0.5) is 0 Å². The molecule has 0 spiro atoms. The highest BCUT2D eigenvalue weighted by molar-refractivity contribution is 5.75. The Labute approximate surface area is 115 Å². The van der Waals surface area contributed by atoms with Crippen molar-refractivity contribution in [1.29, 1.82) is 0 Å². The van der Waals surface area contributed by atoms with Gasteiger partial charge in [-0.15, -0.1) is 0 Å². The maximum Gasteiger partial charge on any atom is 0.322 e. The van der Waals surface area contributed by atoms with Gasteiger partial charge in [0.2, 0.25) is 0 Å². The zero-order chi connectivity index (χ0) is 13.7. The van der Waals surface area contributed by atoms with Crippen LogP contribution in [-0.2, 0) is 14.3 Å². The lowest BCUT2D eigenvalue weighted by molar-refractivity contribution is -0.147. The quantitative estimate of drug-likeness (QED) is 0.700. The Morgan fingerprint density at radius 1 is 1.37 bits per heavy atom. The van der Waals surface area contributed by atoms with Gasteiger partial charge in [-0.2, -0.15) is 0 Å². The van der Waals surface area contributed by atoms with Crippen molar-refractivity contribution < 1.29 is 14.3 Å². The molecule has 0 bridgehead atoms. The van der Waals surface area contributed by atoms with Crippen LogP contribution in [0.15, 0.2) is 0 Å². The molecule has 2 fully saturated rings. The first kappa shape index (κ1) is 14.8. The number of likely N-dealkylation sites (tertiary alicyclic amines) is 1. The third-order valence-corrected chi connectivity index (χ3v) is 4.26. The number of methoxy groups -OCH3 is 1. The zero-order valence-electron chi connectivity index (χ0n) is 12.1. The molecule has 19 heavy (non-hydrogen) atoms. The number of rotatable bonds is 4. The molecular formula is C14H26N2O3. The molecule has 2 aliphatic heterocycles. The third-order valence-electron chi connectivity index (χ3n) is 4.26. The van der Waals surface area contributed by atoms with Crippen LogP contribution in [-0.4, -0.2) is 74.9 Å². The minimum Gasteiger partial charge on any atom is -0.468 e. The Morgan fingerprint density at radius 3 is 2.79 bits per heavy atom. The normalized spacial score (nSPS) is 28.0. The summed E-state index contributed by atoms with van der Waals surface area (Å²) in [5, 5.41) is 0. The van der Waals surface area contributed by atoms with Crippen molar-refractivity contribution in [3.05, 3.63) is 0 Å². The van der Waals surface area contributed by atoms with Crippen molar-refractivity contribution >= 4 is 5.97 Å². The number of carbonyl (C=O) groups is 1. The molecule has 110 valence electrons. The van der Waals surface area contributed by atoms with Crippen molar-refractivity contribution in [2.75, 3.05) is 53.0 Å². The van der Waals surface area contributed by atoms with Gasteiger partial charge < -0.3 is 9.47 Å². The molecule has 0 aliphatic carbocycles. The minimum atomic E-state index is -0.118. The van der Waals surface area contributed by atoms with E-state index in [-0.39, 0.29) is 12.0 Å². The van der Waals surface area contributed by atoms with Gasteiger partial charge >= 0.3 is 5.97 Å². The van der Waals surface area contributed by atoms with Crippen LogP contribution in [0.3, 0.4) is 0 Å². The SMILES string of the molecule is COC(=O)[C@@H](C)N1CCC[C@@H](CN2CCOCC2)C1. The van der Waals surface area contributed by atoms with E-state index in [1.54, 1.807) is 0 Å². The Hall–Kier alpha value is -0.650. The van der Waals surface area contributed by atoms with E-state index >= 15 is 0 Å². The van der Waals surface area contributed by atoms with Gasteiger partial charge in [0.05, 0.1) is 20.3 Å². The van der Waals surface area contributed by atoms with Gasteiger partial charge in [0.25, 0.3) is 0 Å². The van der Waals surface area contributed by atoms with Crippen LogP contribution in [0.25, 0.3) is 0 Å². The fourth-order valence-corrected chi connectivity index (χ4v) is 3.07. The second-order valence-corrected chi connectivity index (χ2v) is 5.62. The first-order valence-corrected chi connectivity index (χ1v) is 7.32. The fraction of sp³-hybridized carbons (Fsp3) is 0.929. The lowest BCUT2D eigenvalue weighted by Gasteiger charge is -2.38. The summed E-state index contributed by atoms with van der Waals surface area (Å²) < 4.78 is 10.2. The van der Waals surface area contributed by atoms with E-state index in [9.17, 15) is 4.79 Å². The van der Waals surface area contributed by atoms with Crippen molar-refractivity contribution in [3.8, 4) is 0 Å². The largest absolute Gasteiger partial charge is 0.468 e. The van der Waals surface area contributed by atoms with Crippen molar-refractivity contribution in [2.24, 2.45) is 5.92 Å². The molecule has 2 aliphatic rings. The average molecular weight is 270 g/mol. The van der Waals surface area contributed by atoms with Crippen LogP contribution in [0.1, 0.15) is 19.8 Å². The highest BCUT2D eigenvalue weighted by Gasteiger charge is 2.29. The lowest BCUT2D eigenvalue weighted by Crippen LogP contribution is -2.49. The van der Waals surface area contributed by atoms with Crippen molar-refractivity contribution in [2.45, 2.75) is 25.8 Å². The lowest BCUT2D eigenvalue weighted by atomic mass is 9.96. The maximum absolute atomic E-state index is 11.6. The van der Waals surface area contributed by atoms with E-state index in [1.807, 2.05) is 6.92 Å². The van der Waals surface area contributed by atoms with E-state index in [1.165, 1.54) is 20.0 Å². The van der Waals surface area contributed by atoms with Crippen LogP contribution < -0.4 is 0 Å². The number of morpholine rings is 1. The van der Waals surface area contributed by atoms with Gasteiger partial charge in [-0.05, 0) is 32.2 Å². The van der Waals surface area contributed by atoms with Crippen LogP contribution >= 0.6 is 0 Å². The molecule has 0 saturated carbocycles. The first-order valence-electron chi connectivity index (χ1n) is 7.32. The molecule has 0 amide bonds. The van der Waals surface area contributed by atoms with E-state index in [4.69, 9.17) is 9.47 Å². The molecule has 0 radical (unpaired) electrons. The number of esters is 1. The number of ether oxygens (including phenoxy) is 2. The van der Waals surface area contributed by atoms with Gasteiger partial charge in [0.1, 0.15) is 6.04 Å². The minimum absolute atomic E-state index is 0.113. The second kappa shape index (κ2) is 7.22. The molecule has 0 N–H and O–H groups in total. The molecular weight excluding hydrogens is 244 g/mol. The summed E-state index contributed by atoms with van der Waals surface area (Å²) in [5.41, 5.74) is 0. The van der Waals surface area contributed by atoms with E-state index in [0.29, 0.717) is 5.92 Å². The summed E-state index contributed by atoms with van der Waals surface area (Å²) in [6, 6.07) is -0.113. The summed E-state index contributed by atoms with van der Waals surface area (Å²) in [6.45, 7) is 8.90. The molecule has 2 saturated heterocycles. The molecule has 5 heteroatoms. The number of hydrogen-bond acceptors (Lipinski definition) is 5. The number of piperidine rings is 1. The Morgan fingerprint density at radius 2 is 2.11 bits per heavy atom. The first-order chi connectivity index (χ1) is 9.20. The van der Waals surface area contributed by atoms with Gasteiger partial charge in [-0.3, -0.25) is 14.6 Å². The van der Waals surface area contributed by atoms with Gasteiger partial charge in [0.15, 0.2) is 0 Å². The molecule has 0 aromatic heterocycles. The number of nitrogens with zero attached hydrogens (tertiary/aromatic N) is 2. The topological polar surface area (TPSA) is 42.0 Å². The Bertz CT molecular complexity index is 292. The molecule has 2 heterocycles. The third kappa shape index (κ3) is 4.16. The molecule has 0 aromatic carbocycles.